The zero-order valence-electron chi connectivity index (χ0n) is 6.85. The first-order valence-electron chi connectivity index (χ1n) is 3.50. The molecule has 4 nitrogen and oxygen atoms in total. The van der Waals surface area contributed by atoms with Gasteiger partial charge in [-0.1, -0.05) is 0 Å². The van der Waals surface area contributed by atoms with Gasteiger partial charge in [-0.3, -0.25) is 9.59 Å². The van der Waals surface area contributed by atoms with Crippen LogP contribution >= 0.6 is 0 Å². The monoisotopic (exact) mass is 159 g/mol. The van der Waals surface area contributed by atoms with Crippen molar-refractivity contribution in [1.29, 1.82) is 0 Å². The second-order valence-corrected chi connectivity index (χ2v) is 2.13. The van der Waals surface area contributed by atoms with E-state index in [0.717, 1.165) is 6.42 Å². The van der Waals surface area contributed by atoms with Crippen molar-refractivity contribution < 1.29 is 14.3 Å². The third-order valence-corrected chi connectivity index (χ3v) is 1.14. The van der Waals surface area contributed by atoms with E-state index < -0.39 is 0 Å². The molecule has 1 rings (SSSR count). The number of rotatable bonds is 0. The Balaban J connectivity index is 0.000000187. The number of hydrogen-bond donors (Lipinski definition) is 1. The molecule has 0 bridgehead atoms. The molecule has 0 atom stereocenters. The zero-order chi connectivity index (χ0) is 8.69. The Morgan fingerprint density at radius 3 is 2.27 bits per heavy atom. The smallest absolute Gasteiger partial charge is 0.305 e. The van der Waals surface area contributed by atoms with Crippen molar-refractivity contribution >= 4 is 11.9 Å². The molecule has 0 aliphatic carbocycles. The molecule has 11 heavy (non-hydrogen) atoms. The lowest BCUT2D eigenvalue weighted by molar-refractivity contribution is -0.137. The maximum Gasteiger partial charge on any atom is 0.305 e. The fourth-order valence-corrected chi connectivity index (χ4v) is 0.475. The number of hydrogen-bond acceptors (Lipinski definition) is 3. The molecule has 1 saturated heterocycles. The minimum atomic E-state index is -0.0463. The lowest BCUT2D eigenvalue weighted by Gasteiger charge is -1.81. The number of ether oxygens (including phenoxy) is 1. The summed E-state index contributed by atoms with van der Waals surface area (Å²) in [6.07, 6.45) is 1.54. The van der Waals surface area contributed by atoms with Gasteiger partial charge >= 0.3 is 5.97 Å². The quantitative estimate of drug-likeness (QED) is 0.509. The standard InChI is InChI=1S/C4H6O2.C3H7NO/c5-4-2-1-3-6-4;1-3(5)4-2/h1-3H2;1-2H3,(H,4,5). The van der Waals surface area contributed by atoms with Gasteiger partial charge in [0.05, 0.1) is 6.61 Å². The molecule has 1 N–H and O–H groups in total. The number of carbonyl (C=O) groups excluding carboxylic acids is 2. The Kier molecular flexibility index (Phi) is 5.15. The molecule has 0 aromatic carbocycles. The van der Waals surface area contributed by atoms with Crippen molar-refractivity contribution in [3.05, 3.63) is 0 Å². The third kappa shape index (κ3) is 6.83. The minimum absolute atomic E-state index is 0.00463. The molecule has 64 valence electrons. The van der Waals surface area contributed by atoms with Gasteiger partial charge in [0, 0.05) is 20.4 Å². The first-order valence-corrected chi connectivity index (χ1v) is 3.50. The van der Waals surface area contributed by atoms with Crippen LogP contribution in [0.4, 0.5) is 0 Å². The van der Waals surface area contributed by atoms with E-state index in [-0.39, 0.29) is 11.9 Å². The van der Waals surface area contributed by atoms with Crippen LogP contribution in [0.25, 0.3) is 0 Å². The van der Waals surface area contributed by atoms with E-state index >= 15 is 0 Å². The summed E-state index contributed by atoms with van der Waals surface area (Å²) in [6, 6.07) is 0. The van der Waals surface area contributed by atoms with Gasteiger partial charge in [-0.05, 0) is 6.42 Å². The highest BCUT2D eigenvalue weighted by molar-refractivity contribution is 5.72. The van der Waals surface area contributed by atoms with Gasteiger partial charge in [0.25, 0.3) is 0 Å². The number of carbonyl (C=O) groups is 2. The van der Waals surface area contributed by atoms with Crippen molar-refractivity contribution in [2.24, 2.45) is 0 Å². The Morgan fingerprint density at radius 1 is 1.64 bits per heavy atom. The summed E-state index contributed by atoms with van der Waals surface area (Å²) < 4.78 is 4.51. The van der Waals surface area contributed by atoms with Crippen LogP contribution < -0.4 is 5.32 Å². The summed E-state index contributed by atoms with van der Waals surface area (Å²) in [4.78, 5) is 19.7. The van der Waals surface area contributed by atoms with E-state index in [1.807, 2.05) is 0 Å². The number of nitrogens with one attached hydrogen (secondary N) is 1. The van der Waals surface area contributed by atoms with Gasteiger partial charge in [0.15, 0.2) is 0 Å². The third-order valence-electron chi connectivity index (χ3n) is 1.14. The van der Waals surface area contributed by atoms with Crippen molar-refractivity contribution in [3.63, 3.8) is 0 Å². The molecular weight excluding hydrogens is 146 g/mol. The lowest BCUT2D eigenvalue weighted by Crippen LogP contribution is -2.11. The van der Waals surface area contributed by atoms with Crippen molar-refractivity contribution in [2.45, 2.75) is 19.8 Å². The number of cyclic esters (lactones) is 1. The van der Waals surface area contributed by atoms with E-state index in [1.54, 1.807) is 7.05 Å². The van der Waals surface area contributed by atoms with Crippen molar-refractivity contribution in [1.82, 2.24) is 5.32 Å². The van der Waals surface area contributed by atoms with Crippen LogP contribution in [0.3, 0.4) is 0 Å². The predicted octanol–water partition coefficient (Wildman–Crippen LogP) is 0.0757. The summed E-state index contributed by atoms with van der Waals surface area (Å²) in [7, 11) is 1.60. The Hall–Kier alpha value is -1.06. The number of esters is 1. The van der Waals surface area contributed by atoms with Crippen LogP contribution in [-0.2, 0) is 14.3 Å². The molecule has 1 amide bonds. The molecule has 0 saturated carbocycles. The summed E-state index contributed by atoms with van der Waals surface area (Å²) in [6.45, 7) is 2.11. The Labute approximate surface area is 65.9 Å². The van der Waals surface area contributed by atoms with Crippen molar-refractivity contribution in [3.8, 4) is 0 Å². The van der Waals surface area contributed by atoms with E-state index in [9.17, 15) is 9.59 Å². The normalized spacial score (nSPS) is 14.5. The topological polar surface area (TPSA) is 55.4 Å². The van der Waals surface area contributed by atoms with E-state index in [4.69, 9.17) is 0 Å². The van der Waals surface area contributed by atoms with Crippen LogP contribution in [0.5, 0.6) is 0 Å². The fraction of sp³-hybridized carbons (Fsp3) is 0.714. The summed E-state index contributed by atoms with van der Waals surface area (Å²) >= 11 is 0. The molecule has 0 radical (unpaired) electrons. The summed E-state index contributed by atoms with van der Waals surface area (Å²) in [5.74, 6) is -0.0417. The molecule has 1 heterocycles. The predicted molar refractivity (Wildman–Crippen MR) is 39.9 cm³/mol. The summed E-state index contributed by atoms with van der Waals surface area (Å²) in [5, 5.41) is 2.39. The van der Waals surface area contributed by atoms with Crippen LogP contribution in [0.1, 0.15) is 19.8 Å². The van der Waals surface area contributed by atoms with E-state index in [2.05, 4.69) is 10.1 Å². The molecule has 1 aliphatic rings. The maximum atomic E-state index is 10.0. The molecule has 0 unspecified atom stereocenters. The highest BCUT2D eigenvalue weighted by Gasteiger charge is 2.08. The van der Waals surface area contributed by atoms with E-state index in [1.165, 1.54) is 6.92 Å². The highest BCUT2D eigenvalue weighted by Crippen LogP contribution is 2.01. The Morgan fingerprint density at radius 2 is 2.18 bits per heavy atom. The molecular formula is C7H13NO3. The molecule has 0 aromatic rings. The molecule has 1 aliphatic heterocycles. The maximum absolute atomic E-state index is 10.0. The fourth-order valence-electron chi connectivity index (χ4n) is 0.475. The van der Waals surface area contributed by atoms with Crippen LogP contribution in [0, 0.1) is 0 Å². The second-order valence-electron chi connectivity index (χ2n) is 2.13. The van der Waals surface area contributed by atoms with Crippen LogP contribution in [-0.4, -0.2) is 25.5 Å². The van der Waals surface area contributed by atoms with Crippen molar-refractivity contribution in [2.75, 3.05) is 13.7 Å². The van der Waals surface area contributed by atoms with Gasteiger partial charge in [-0.25, -0.2) is 0 Å². The first kappa shape index (κ1) is 9.94. The van der Waals surface area contributed by atoms with Crippen LogP contribution in [0.15, 0.2) is 0 Å². The van der Waals surface area contributed by atoms with Gasteiger partial charge < -0.3 is 10.1 Å². The van der Waals surface area contributed by atoms with Crippen LogP contribution in [0.2, 0.25) is 0 Å². The lowest BCUT2D eigenvalue weighted by atomic mass is 10.4. The van der Waals surface area contributed by atoms with Gasteiger partial charge in [0.1, 0.15) is 0 Å². The molecule has 0 spiro atoms. The van der Waals surface area contributed by atoms with Gasteiger partial charge in [-0.2, -0.15) is 0 Å². The number of amides is 1. The first-order chi connectivity index (χ1) is 5.16. The minimum Gasteiger partial charge on any atom is -0.466 e. The Bertz CT molecular complexity index is 137. The highest BCUT2D eigenvalue weighted by atomic mass is 16.5. The zero-order valence-corrected chi connectivity index (χ0v) is 6.85. The molecule has 4 heteroatoms. The largest absolute Gasteiger partial charge is 0.466 e. The average molecular weight is 159 g/mol. The average Bonchev–Trinajstić information content (AvgIpc) is 2.41. The van der Waals surface area contributed by atoms with Gasteiger partial charge in [0.2, 0.25) is 5.91 Å². The molecule has 1 fully saturated rings. The SMILES string of the molecule is CNC(C)=O.O=C1CCCO1. The molecule has 0 aromatic heterocycles. The van der Waals surface area contributed by atoms with Gasteiger partial charge in [-0.15, -0.1) is 0 Å². The summed E-state index contributed by atoms with van der Waals surface area (Å²) in [5.41, 5.74) is 0. The second kappa shape index (κ2) is 5.70. The van der Waals surface area contributed by atoms with E-state index in [0.29, 0.717) is 13.0 Å².